The van der Waals surface area contributed by atoms with Gasteiger partial charge >= 0.3 is 0 Å². The van der Waals surface area contributed by atoms with Crippen LogP contribution in [0.15, 0.2) is 0 Å². The Hall–Kier alpha value is 0.410. The highest BCUT2D eigenvalue weighted by Gasteiger charge is 1.75. The summed E-state index contributed by atoms with van der Waals surface area (Å²) in [5, 5.41) is 2.23. The Balaban J connectivity index is 3.05. The Kier molecular flexibility index (Phi) is 3.84. The summed E-state index contributed by atoms with van der Waals surface area (Å²) in [4.78, 5) is 0. The summed E-state index contributed by atoms with van der Waals surface area (Å²) in [5.74, 6) is 0. The SMILES string of the molecule is O=[PH2]NC(=S)Cl. The van der Waals surface area contributed by atoms with E-state index in [9.17, 15) is 4.57 Å². The number of halogens is 1. The maximum absolute atomic E-state index is 9.54. The van der Waals surface area contributed by atoms with E-state index in [1.807, 2.05) is 0 Å². The minimum absolute atomic E-state index is 0.0694. The van der Waals surface area contributed by atoms with Gasteiger partial charge < -0.3 is 9.65 Å². The fourth-order valence-electron chi connectivity index (χ4n) is 0.0463. The van der Waals surface area contributed by atoms with E-state index in [2.05, 4.69) is 17.3 Å². The van der Waals surface area contributed by atoms with Gasteiger partial charge in [0, 0.05) is 0 Å². The fourth-order valence-corrected chi connectivity index (χ4v) is 0.417. The summed E-state index contributed by atoms with van der Waals surface area (Å²) >= 11 is 9.29. The third-order valence-corrected chi connectivity index (χ3v) is 1.20. The number of hydrogen-bond acceptors (Lipinski definition) is 2. The number of thiocarbonyl (C=S) groups is 1. The molecule has 1 unspecified atom stereocenters. The van der Waals surface area contributed by atoms with E-state index in [1.165, 1.54) is 0 Å². The molecule has 0 aliphatic rings. The average Bonchev–Trinajstić information content (AvgIpc) is 1.35. The average molecular weight is 144 g/mol. The monoisotopic (exact) mass is 143 g/mol. The molecule has 0 aromatic rings. The normalized spacial score (nSPS) is 9.50. The molecule has 1 atom stereocenters. The summed E-state index contributed by atoms with van der Waals surface area (Å²) in [6.45, 7) is 0. The van der Waals surface area contributed by atoms with Gasteiger partial charge in [0.15, 0.2) is 4.45 Å². The summed E-state index contributed by atoms with van der Waals surface area (Å²) in [7, 11) is -1.02. The van der Waals surface area contributed by atoms with Crippen LogP contribution in [0.4, 0.5) is 0 Å². The van der Waals surface area contributed by atoms with Gasteiger partial charge in [0.25, 0.3) is 0 Å². The van der Waals surface area contributed by atoms with Crippen molar-refractivity contribution >= 4 is 36.9 Å². The minimum Gasteiger partial charge on any atom is -0.322 e. The van der Waals surface area contributed by atoms with E-state index in [4.69, 9.17) is 11.6 Å². The lowest BCUT2D eigenvalue weighted by Crippen LogP contribution is -1.98. The second kappa shape index (κ2) is 3.59. The van der Waals surface area contributed by atoms with Crippen LogP contribution in [0.1, 0.15) is 0 Å². The van der Waals surface area contributed by atoms with Gasteiger partial charge in [0.05, 0.1) is 0 Å². The fraction of sp³-hybridized carbons (Fsp3) is 0. The lowest BCUT2D eigenvalue weighted by atomic mass is 11.5. The van der Waals surface area contributed by atoms with Crippen molar-refractivity contribution in [3.8, 4) is 0 Å². The van der Waals surface area contributed by atoms with Crippen LogP contribution < -0.4 is 5.09 Å². The quantitative estimate of drug-likeness (QED) is 0.255. The molecule has 0 spiro atoms. The van der Waals surface area contributed by atoms with Crippen molar-refractivity contribution in [3.05, 3.63) is 0 Å². The molecule has 0 radical (unpaired) electrons. The first-order valence-electron chi connectivity index (χ1n) is 1.17. The lowest BCUT2D eigenvalue weighted by molar-refractivity contribution is 0.597. The van der Waals surface area contributed by atoms with E-state index >= 15 is 0 Å². The van der Waals surface area contributed by atoms with Crippen molar-refractivity contribution in [1.29, 1.82) is 0 Å². The Labute approximate surface area is 47.1 Å². The molecule has 0 aromatic carbocycles. The lowest BCUT2D eigenvalue weighted by Gasteiger charge is -1.81. The molecule has 0 rings (SSSR count). The van der Waals surface area contributed by atoms with E-state index in [0.717, 1.165) is 0 Å². The molecule has 0 aliphatic carbocycles. The van der Waals surface area contributed by atoms with E-state index < -0.39 is 8.61 Å². The molecule has 0 amide bonds. The minimum atomic E-state index is -1.02. The third-order valence-electron chi connectivity index (χ3n) is 0.172. The van der Waals surface area contributed by atoms with Crippen LogP contribution in [0.3, 0.4) is 0 Å². The van der Waals surface area contributed by atoms with Crippen molar-refractivity contribution in [2.45, 2.75) is 0 Å². The van der Waals surface area contributed by atoms with Gasteiger partial charge in [-0.25, -0.2) is 0 Å². The summed E-state index contributed by atoms with van der Waals surface area (Å²) in [6.07, 6.45) is 0. The third kappa shape index (κ3) is 4.41. The van der Waals surface area contributed by atoms with Crippen LogP contribution in [-0.4, -0.2) is 4.45 Å². The van der Waals surface area contributed by atoms with E-state index in [-0.39, 0.29) is 4.45 Å². The van der Waals surface area contributed by atoms with Crippen LogP contribution in [-0.2, 0) is 4.57 Å². The molecule has 0 fully saturated rings. The van der Waals surface area contributed by atoms with Gasteiger partial charge in [-0.2, -0.15) is 0 Å². The van der Waals surface area contributed by atoms with Gasteiger partial charge in [-0.3, -0.25) is 0 Å². The number of hydrogen-bond donors (Lipinski definition) is 1. The summed E-state index contributed by atoms with van der Waals surface area (Å²) in [5.41, 5.74) is 0. The van der Waals surface area contributed by atoms with E-state index in [1.54, 1.807) is 0 Å². The smallest absolute Gasteiger partial charge is 0.172 e. The van der Waals surface area contributed by atoms with Crippen LogP contribution in [0.2, 0.25) is 0 Å². The van der Waals surface area contributed by atoms with Crippen molar-refractivity contribution in [2.75, 3.05) is 0 Å². The number of nitrogens with one attached hydrogen (secondary N) is 1. The second-order valence-corrected chi connectivity index (χ2v) is 2.07. The maximum Gasteiger partial charge on any atom is 0.172 e. The van der Waals surface area contributed by atoms with Gasteiger partial charge in [-0.1, -0.05) is 11.6 Å². The highest BCUT2D eigenvalue weighted by atomic mass is 35.5. The molecule has 0 saturated carbocycles. The van der Waals surface area contributed by atoms with E-state index in [0.29, 0.717) is 0 Å². The van der Waals surface area contributed by atoms with Crippen molar-refractivity contribution in [3.63, 3.8) is 0 Å². The Morgan fingerprint density at radius 2 is 2.50 bits per heavy atom. The maximum atomic E-state index is 9.54. The zero-order chi connectivity index (χ0) is 4.99. The highest BCUT2D eigenvalue weighted by molar-refractivity contribution is 7.83. The van der Waals surface area contributed by atoms with Crippen LogP contribution >= 0.6 is 32.4 Å². The standard InChI is InChI=1S/CH3ClNOPS/c2-1(6)3-5-4/h5H2,(H,3,4,6). The predicted octanol–water partition coefficient (Wildman–Crippen LogP) is 0.771. The molecule has 0 heterocycles. The molecule has 0 aliphatic heterocycles. The topological polar surface area (TPSA) is 29.1 Å². The molecule has 0 saturated heterocycles. The Morgan fingerprint density at radius 1 is 2.00 bits per heavy atom. The Morgan fingerprint density at radius 3 is 2.50 bits per heavy atom. The largest absolute Gasteiger partial charge is 0.322 e. The van der Waals surface area contributed by atoms with Crippen LogP contribution in [0.25, 0.3) is 0 Å². The van der Waals surface area contributed by atoms with Crippen molar-refractivity contribution in [2.24, 2.45) is 0 Å². The molecule has 5 heteroatoms. The molecule has 2 nitrogen and oxygen atoms in total. The van der Waals surface area contributed by atoms with Gasteiger partial charge in [-0.05, 0) is 12.2 Å². The summed E-state index contributed by atoms with van der Waals surface area (Å²) < 4.78 is 9.61. The molecule has 36 valence electrons. The zero-order valence-corrected chi connectivity index (χ0v) is 5.50. The van der Waals surface area contributed by atoms with Crippen LogP contribution in [0, 0.1) is 0 Å². The Bertz CT molecular complexity index is 75.9. The summed E-state index contributed by atoms with van der Waals surface area (Å²) in [6, 6.07) is 0. The molecular formula is CH3ClNOPS. The molecule has 6 heavy (non-hydrogen) atoms. The van der Waals surface area contributed by atoms with Crippen molar-refractivity contribution < 1.29 is 4.57 Å². The second-order valence-electron chi connectivity index (χ2n) is 0.536. The van der Waals surface area contributed by atoms with Crippen molar-refractivity contribution in [1.82, 2.24) is 5.09 Å². The molecule has 0 aromatic heterocycles. The van der Waals surface area contributed by atoms with Gasteiger partial charge in [0.1, 0.15) is 8.61 Å². The van der Waals surface area contributed by atoms with Gasteiger partial charge in [-0.15, -0.1) is 0 Å². The van der Waals surface area contributed by atoms with Gasteiger partial charge in [0.2, 0.25) is 0 Å². The number of rotatable bonds is 1. The zero-order valence-electron chi connectivity index (χ0n) is 2.77. The predicted molar refractivity (Wildman–Crippen MR) is 32.0 cm³/mol. The highest BCUT2D eigenvalue weighted by Crippen LogP contribution is 1.85. The molecule has 0 bridgehead atoms. The molecular weight excluding hydrogens is 141 g/mol. The molecule has 1 N–H and O–H groups in total. The first-order chi connectivity index (χ1) is 2.77. The van der Waals surface area contributed by atoms with Crippen LogP contribution in [0.5, 0.6) is 0 Å². The first kappa shape index (κ1) is 6.41. The first-order valence-corrected chi connectivity index (χ1v) is 3.00.